The summed E-state index contributed by atoms with van der Waals surface area (Å²) in [7, 11) is 0. The molecule has 1 aromatic carbocycles. The molecule has 0 amide bonds. The zero-order valence-corrected chi connectivity index (χ0v) is 18.3. The van der Waals surface area contributed by atoms with Crippen molar-refractivity contribution in [1.29, 1.82) is 0 Å². The highest BCUT2D eigenvalue weighted by atomic mass is 19.4. The van der Waals surface area contributed by atoms with Gasteiger partial charge in [-0.3, -0.25) is 9.97 Å². The van der Waals surface area contributed by atoms with Gasteiger partial charge in [-0.2, -0.15) is 13.2 Å². The van der Waals surface area contributed by atoms with E-state index >= 15 is 4.39 Å². The molecule has 3 aromatic rings. The summed E-state index contributed by atoms with van der Waals surface area (Å²) in [6.45, 7) is 0.776. The van der Waals surface area contributed by atoms with Crippen molar-refractivity contribution in [3.63, 3.8) is 0 Å². The first-order chi connectivity index (χ1) is 16.7. The summed E-state index contributed by atoms with van der Waals surface area (Å²) in [5, 5.41) is 10.2. The van der Waals surface area contributed by atoms with Crippen molar-refractivity contribution >= 4 is 17.6 Å². The highest BCUT2D eigenvalue weighted by Crippen LogP contribution is 2.43. The average molecular weight is 494 g/mol. The molecule has 2 heterocycles. The molecule has 0 bridgehead atoms. The van der Waals surface area contributed by atoms with Crippen molar-refractivity contribution in [1.82, 2.24) is 19.9 Å². The van der Waals surface area contributed by atoms with Gasteiger partial charge in [-0.25, -0.2) is 19.2 Å². The molecule has 0 aliphatic heterocycles. The van der Waals surface area contributed by atoms with E-state index in [0.717, 1.165) is 24.8 Å². The maximum Gasteiger partial charge on any atom is 0.490 e. The number of hydrogen-bond acceptors (Lipinski definition) is 8. The molecule has 9 nitrogen and oxygen atoms in total. The van der Waals surface area contributed by atoms with Gasteiger partial charge >= 0.3 is 12.1 Å². The minimum absolute atomic E-state index is 0.293. The summed E-state index contributed by atoms with van der Waals surface area (Å²) in [6, 6.07) is 3.68. The van der Waals surface area contributed by atoms with Crippen LogP contribution in [0.4, 0.5) is 29.2 Å². The Hall–Kier alpha value is -4.03. The Morgan fingerprint density at radius 2 is 1.89 bits per heavy atom. The number of nitrogens with zero attached hydrogens (tertiary/aromatic N) is 4. The molecule has 35 heavy (non-hydrogen) atoms. The van der Waals surface area contributed by atoms with Gasteiger partial charge in [0.05, 0.1) is 30.8 Å². The third-order valence-electron chi connectivity index (χ3n) is 5.08. The molecule has 13 heteroatoms. The van der Waals surface area contributed by atoms with Crippen molar-refractivity contribution in [3.05, 3.63) is 54.5 Å². The van der Waals surface area contributed by atoms with Crippen molar-refractivity contribution in [2.75, 3.05) is 24.2 Å². The summed E-state index contributed by atoms with van der Waals surface area (Å²) in [5.74, 6) is -1.60. The highest BCUT2D eigenvalue weighted by Gasteiger charge is 2.38. The van der Waals surface area contributed by atoms with Crippen molar-refractivity contribution in [3.8, 4) is 17.0 Å². The molecular formula is C22H22F4N6O3. The number of carboxylic acid groups (broad SMARTS) is 1. The first-order valence-corrected chi connectivity index (χ1v) is 10.5. The van der Waals surface area contributed by atoms with E-state index in [2.05, 4.69) is 25.3 Å². The van der Waals surface area contributed by atoms with E-state index in [9.17, 15) is 13.2 Å². The number of alkyl halides is 3. The van der Waals surface area contributed by atoms with Crippen LogP contribution in [0.1, 0.15) is 30.7 Å². The van der Waals surface area contributed by atoms with Gasteiger partial charge in [-0.15, -0.1) is 0 Å². The van der Waals surface area contributed by atoms with Gasteiger partial charge in [0.15, 0.2) is 11.6 Å². The van der Waals surface area contributed by atoms with Crippen LogP contribution in [0.3, 0.4) is 0 Å². The molecule has 1 aliphatic rings. The van der Waals surface area contributed by atoms with Crippen LogP contribution in [-0.2, 0) is 4.79 Å². The Morgan fingerprint density at radius 3 is 2.43 bits per heavy atom. The molecule has 4 rings (SSSR count). The fourth-order valence-corrected chi connectivity index (χ4v) is 3.16. The summed E-state index contributed by atoms with van der Waals surface area (Å²) in [4.78, 5) is 25.2. The van der Waals surface area contributed by atoms with E-state index < -0.39 is 18.0 Å². The van der Waals surface area contributed by atoms with E-state index in [4.69, 9.17) is 20.4 Å². The second kappa shape index (κ2) is 11.4. The van der Waals surface area contributed by atoms with E-state index in [1.807, 2.05) is 6.07 Å². The fourth-order valence-electron chi connectivity index (χ4n) is 3.16. The van der Waals surface area contributed by atoms with Crippen LogP contribution in [0.25, 0.3) is 11.3 Å². The smallest absolute Gasteiger partial charge is 0.488 e. The average Bonchev–Trinajstić information content (AvgIpc) is 2.78. The minimum atomic E-state index is -5.08. The van der Waals surface area contributed by atoms with Crippen LogP contribution in [-0.4, -0.2) is 50.3 Å². The number of anilines is 2. The third-order valence-corrected chi connectivity index (χ3v) is 5.08. The first-order valence-electron chi connectivity index (χ1n) is 10.5. The lowest BCUT2D eigenvalue weighted by Crippen LogP contribution is -2.21. The highest BCUT2D eigenvalue weighted by molar-refractivity contribution is 5.73. The van der Waals surface area contributed by atoms with Crippen LogP contribution < -0.4 is 15.8 Å². The van der Waals surface area contributed by atoms with Crippen molar-refractivity contribution in [2.45, 2.75) is 31.4 Å². The number of carboxylic acids is 1. The number of nitrogens with one attached hydrogen (secondary N) is 1. The van der Waals surface area contributed by atoms with Gasteiger partial charge in [0.25, 0.3) is 0 Å². The minimum Gasteiger partial charge on any atom is -0.488 e. The Morgan fingerprint density at radius 1 is 1.14 bits per heavy atom. The third kappa shape index (κ3) is 6.98. The van der Waals surface area contributed by atoms with Crippen LogP contribution >= 0.6 is 0 Å². The predicted octanol–water partition coefficient (Wildman–Crippen LogP) is 4.05. The number of aromatic nitrogens is 4. The number of benzene rings is 1. The molecular weight excluding hydrogens is 472 g/mol. The van der Waals surface area contributed by atoms with Gasteiger partial charge in [0.1, 0.15) is 18.2 Å². The normalized spacial score (nSPS) is 13.3. The predicted molar refractivity (Wildman–Crippen MR) is 118 cm³/mol. The lowest BCUT2D eigenvalue weighted by molar-refractivity contribution is -0.192. The SMILES string of the molecule is Nc1cnc(-c2ccc(C3CCC3)c(OCCNc3cnccn3)c2F)cn1.O=C(O)C(F)(F)F. The number of hydrogen-bond donors (Lipinski definition) is 3. The lowest BCUT2D eigenvalue weighted by Gasteiger charge is -2.28. The molecule has 0 radical (unpaired) electrons. The summed E-state index contributed by atoms with van der Waals surface area (Å²) >= 11 is 0. The topological polar surface area (TPSA) is 136 Å². The van der Waals surface area contributed by atoms with Crippen molar-refractivity contribution < 1.29 is 32.2 Å². The van der Waals surface area contributed by atoms with E-state index in [-0.39, 0.29) is 0 Å². The van der Waals surface area contributed by atoms with Crippen LogP contribution in [0.5, 0.6) is 5.75 Å². The lowest BCUT2D eigenvalue weighted by atomic mass is 9.79. The summed E-state index contributed by atoms with van der Waals surface area (Å²) in [6.07, 6.45) is 5.90. The van der Waals surface area contributed by atoms with E-state index in [1.165, 1.54) is 12.4 Å². The number of aliphatic carboxylic acids is 1. The van der Waals surface area contributed by atoms with Crippen LogP contribution in [0, 0.1) is 5.82 Å². The summed E-state index contributed by atoms with van der Waals surface area (Å²) < 4.78 is 52.9. The van der Waals surface area contributed by atoms with Gasteiger partial charge in [0, 0.05) is 23.5 Å². The largest absolute Gasteiger partial charge is 0.490 e. The molecule has 0 saturated heterocycles. The molecule has 4 N–H and O–H groups in total. The fraction of sp³-hybridized carbons (Fsp3) is 0.318. The first kappa shape index (κ1) is 25.6. The molecule has 186 valence electrons. The molecule has 1 saturated carbocycles. The van der Waals surface area contributed by atoms with Crippen molar-refractivity contribution in [2.24, 2.45) is 0 Å². The zero-order valence-electron chi connectivity index (χ0n) is 18.3. The van der Waals surface area contributed by atoms with E-state index in [0.29, 0.717) is 47.7 Å². The zero-order chi connectivity index (χ0) is 25.4. The Kier molecular flexibility index (Phi) is 8.34. The number of nitrogen functional groups attached to an aromatic ring is 1. The maximum absolute atomic E-state index is 15.3. The monoisotopic (exact) mass is 494 g/mol. The van der Waals surface area contributed by atoms with Gasteiger partial charge in [-0.05, 0) is 24.8 Å². The van der Waals surface area contributed by atoms with Gasteiger partial charge in [-0.1, -0.05) is 12.5 Å². The number of halogens is 4. The molecule has 1 fully saturated rings. The molecule has 0 unspecified atom stereocenters. The Balaban J connectivity index is 0.000000429. The Bertz CT molecular complexity index is 1130. The second-order valence-electron chi connectivity index (χ2n) is 7.47. The van der Waals surface area contributed by atoms with Gasteiger partial charge in [0.2, 0.25) is 0 Å². The van der Waals surface area contributed by atoms with Crippen LogP contribution in [0.15, 0.2) is 43.1 Å². The van der Waals surface area contributed by atoms with Crippen LogP contribution in [0.2, 0.25) is 0 Å². The number of rotatable bonds is 7. The number of carbonyl (C=O) groups is 1. The van der Waals surface area contributed by atoms with Gasteiger partial charge < -0.3 is 20.9 Å². The van der Waals surface area contributed by atoms with E-state index in [1.54, 1.807) is 24.7 Å². The molecule has 2 aromatic heterocycles. The number of ether oxygens (including phenoxy) is 1. The standard InChI is InChI=1S/C20H21FN6O.C2HF3O2/c21-19-15(16-10-27-17(22)11-26-16)5-4-14(13-2-1-3-13)20(19)28-9-8-25-18-12-23-6-7-24-18;3-2(4,5)1(6)7/h4-7,10-13H,1-3,8-9H2,(H2,22,27)(H,24,25);(H,6,7). The Labute approximate surface area is 197 Å². The quantitative estimate of drug-likeness (QED) is 0.328. The molecule has 0 atom stereocenters. The maximum atomic E-state index is 15.3. The molecule has 1 aliphatic carbocycles. The molecule has 0 spiro atoms. The number of nitrogens with two attached hydrogens (primary N) is 1. The summed E-state index contributed by atoms with van der Waals surface area (Å²) in [5.41, 5.74) is 7.27. The second-order valence-corrected chi connectivity index (χ2v) is 7.47.